The molecule has 5 nitrogen and oxygen atoms in total. The van der Waals surface area contributed by atoms with E-state index in [1.54, 1.807) is 14.2 Å². The van der Waals surface area contributed by atoms with E-state index in [4.69, 9.17) is 18.9 Å². The van der Waals surface area contributed by atoms with Gasteiger partial charge < -0.3 is 23.8 Å². The number of fused-ring (bicyclic) bond motifs is 4. The highest BCUT2D eigenvalue weighted by molar-refractivity contribution is 5.78. The molecule has 3 aliphatic heterocycles. The lowest BCUT2D eigenvalue weighted by Gasteiger charge is -2.56. The van der Waals surface area contributed by atoms with Crippen molar-refractivity contribution in [2.24, 2.45) is 11.8 Å². The third kappa shape index (κ3) is 2.55. The Labute approximate surface area is 185 Å². The van der Waals surface area contributed by atoms with Gasteiger partial charge in [-0.3, -0.25) is 0 Å². The first kappa shape index (κ1) is 20.3. The Kier molecular flexibility index (Phi) is 4.76. The van der Waals surface area contributed by atoms with E-state index in [1.165, 1.54) is 28.0 Å². The molecule has 0 saturated carbocycles. The lowest BCUT2D eigenvalue weighted by molar-refractivity contribution is 0.0562. The van der Waals surface area contributed by atoms with Crippen LogP contribution in [-0.2, 0) is 15.0 Å². The summed E-state index contributed by atoms with van der Waals surface area (Å²) >= 11 is 0. The second-order valence-corrected chi connectivity index (χ2v) is 8.99. The van der Waals surface area contributed by atoms with Gasteiger partial charge in [-0.25, -0.2) is 0 Å². The zero-order valence-corrected chi connectivity index (χ0v) is 19.5. The molecule has 0 amide bonds. The van der Waals surface area contributed by atoms with Crippen molar-refractivity contribution in [3.63, 3.8) is 0 Å². The molecule has 1 fully saturated rings. The smallest absolute Gasteiger partial charge is 0.230 e. The summed E-state index contributed by atoms with van der Waals surface area (Å²) in [6, 6.07) is 4.27. The molecule has 1 saturated heterocycles. The minimum absolute atomic E-state index is 0.128. The number of ether oxygens (including phenoxy) is 4. The Morgan fingerprint density at radius 3 is 2.58 bits per heavy atom. The highest BCUT2D eigenvalue weighted by Gasteiger charge is 2.51. The van der Waals surface area contributed by atoms with Crippen molar-refractivity contribution in [1.29, 1.82) is 0 Å². The van der Waals surface area contributed by atoms with E-state index in [1.807, 2.05) is 6.07 Å². The molecule has 3 heterocycles. The molecule has 31 heavy (non-hydrogen) atoms. The monoisotopic (exact) mass is 423 g/mol. The van der Waals surface area contributed by atoms with E-state index in [2.05, 4.69) is 44.7 Å². The first-order valence-electron chi connectivity index (χ1n) is 11.5. The number of hydrogen-bond donors (Lipinski definition) is 0. The summed E-state index contributed by atoms with van der Waals surface area (Å²) in [5.74, 6) is 4.19. The number of nitrogens with zero attached hydrogens (tertiary/aromatic N) is 1. The van der Waals surface area contributed by atoms with E-state index in [-0.39, 0.29) is 11.5 Å². The zero-order valence-electron chi connectivity index (χ0n) is 19.5. The summed E-state index contributed by atoms with van der Waals surface area (Å²) in [5.41, 5.74) is 6.67. The van der Waals surface area contributed by atoms with Crippen LogP contribution in [-0.4, -0.2) is 32.5 Å². The molecule has 1 aliphatic carbocycles. The summed E-state index contributed by atoms with van der Waals surface area (Å²) in [4.78, 5) is 2.69. The van der Waals surface area contributed by atoms with Crippen LogP contribution in [0, 0.1) is 11.8 Å². The molecule has 1 aromatic rings. The minimum atomic E-state index is -0.128. The second-order valence-electron chi connectivity index (χ2n) is 8.99. The molecule has 5 rings (SSSR count). The first-order chi connectivity index (χ1) is 15.0. The van der Waals surface area contributed by atoms with Crippen LogP contribution in [0.25, 0.3) is 5.57 Å². The van der Waals surface area contributed by atoms with Crippen molar-refractivity contribution in [2.45, 2.75) is 52.5 Å². The number of methoxy groups -OCH3 is 2. The summed E-state index contributed by atoms with van der Waals surface area (Å²) < 4.78 is 23.3. The van der Waals surface area contributed by atoms with Gasteiger partial charge in [0.2, 0.25) is 6.79 Å². The van der Waals surface area contributed by atoms with Crippen molar-refractivity contribution in [3.8, 4) is 11.5 Å². The van der Waals surface area contributed by atoms with Gasteiger partial charge in [0.15, 0.2) is 17.3 Å². The van der Waals surface area contributed by atoms with Gasteiger partial charge in [0, 0.05) is 29.6 Å². The fourth-order valence-electron chi connectivity index (χ4n) is 6.51. The molecule has 0 aromatic heterocycles. The van der Waals surface area contributed by atoms with Gasteiger partial charge in [0.25, 0.3) is 0 Å². The Morgan fingerprint density at radius 2 is 1.90 bits per heavy atom. The van der Waals surface area contributed by atoms with E-state index in [0.29, 0.717) is 12.7 Å². The molecule has 0 bridgehead atoms. The largest absolute Gasteiger partial charge is 0.493 e. The summed E-state index contributed by atoms with van der Waals surface area (Å²) in [5, 5.41) is 0. The van der Waals surface area contributed by atoms with Crippen LogP contribution in [0.15, 0.2) is 41.0 Å². The standard InChI is InChI=1S/C26H33NO4/c1-7-26(8-2)22-18(9-10-19(28-5)25(22)29-6)15(3)23-21-16(4)24-20(30-14-31-24)13-17(21)11-12-27(23)26/h9-10,13,16,21H,7-8,11-12,14H2,1-6H3. The molecule has 0 spiro atoms. The maximum Gasteiger partial charge on any atom is 0.230 e. The highest BCUT2D eigenvalue weighted by atomic mass is 16.7. The van der Waals surface area contributed by atoms with Gasteiger partial charge in [-0.1, -0.05) is 32.4 Å². The molecule has 4 aliphatic rings. The molecule has 1 aromatic carbocycles. The molecular weight excluding hydrogens is 390 g/mol. The Hall–Kier alpha value is -2.56. The number of benzene rings is 1. The van der Waals surface area contributed by atoms with E-state index < -0.39 is 0 Å². The van der Waals surface area contributed by atoms with Crippen LogP contribution in [0.5, 0.6) is 11.5 Å². The number of allylic oxidation sites excluding steroid dienone is 4. The van der Waals surface area contributed by atoms with Crippen molar-refractivity contribution in [1.82, 2.24) is 4.90 Å². The molecule has 166 valence electrons. The SMILES string of the molecule is CCC1(CC)c2c(ccc(OC)c2OC)C(C)=C2C3C(=CC4=C(OCO4)C3C)CCN21. The third-order valence-electron chi connectivity index (χ3n) is 8.00. The van der Waals surface area contributed by atoms with Gasteiger partial charge in [-0.2, -0.15) is 0 Å². The van der Waals surface area contributed by atoms with Crippen molar-refractivity contribution >= 4 is 5.57 Å². The number of piperidine rings is 1. The maximum atomic E-state index is 5.98. The van der Waals surface area contributed by atoms with E-state index >= 15 is 0 Å². The lowest BCUT2D eigenvalue weighted by Crippen LogP contribution is -2.53. The molecule has 0 radical (unpaired) electrons. The fraction of sp³-hybridized carbons (Fsp3) is 0.538. The molecule has 2 atom stereocenters. The fourth-order valence-corrected chi connectivity index (χ4v) is 6.51. The van der Waals surface area contributed by atoms with Crippen LogP contribution >= 0.6 is 0 Å². The number of hydrogen-bond acceptors (Lipinski definition) is 5. The lowest BCUT2D eigenvalue weighted by atomic mass is 9.67. The van der Waals surface area contributed by atoms with Crippen molar-refractivity contribution in [3.05, 3.63) is 52.1 Å². The van der Waals surface area contributed by atoms with Crippen LogP contribution in [0.1, 0.15) is 58.1 Å². The molecule has 2 unspecified atom stereocenters. The molecule has 5 heteroatoms. The quantitative estimate of drug-likeness (QED) is 0.632. The topological polar surface area (TPSA) is 40.2 Å². The average molecular weight is 424 g/mol. The first-order valence-corrected chi connectivity index (χ1v) is 11.5. The van der Waals surface area contributed by atoms with Gasteiger partial charge in [-0.15, -0.1) is 0 Å². The predicted molar refractivity (Wildman–Crippen MR) is 121 cm³/mol. The minimum Gasteiger partial charge on any atom is -0.493 e. The van der Waals surface area contributed by atoms with Crippen molar-refractivity contribution < 1.29 is 18.9 Å². The Balaban J connectivity index is 1.77. The highest BCUT2D eigenvalue weighted by Crippen LogP contribution is 2.58. The molecular formula is C26H33NO4. The summed E-state index contributed by atoms with van der Waals surface area (Å²) in [7, 11) is 3.48. The van der Waals surface area contributed by atoms with E-state index in [9.17, 15) is 0 Å². The normalized spacial score (nSPS) is 25.6. The van der Waals surface area contributed by atoms with E-state index in [0.717, 1.165) is 48.8 Å². The van der Waals surface area contributed by atoms with Gasteiger partial charge in [0.1, 0.15) is 5.76 Å². The van der Waals surface area contributed by atoms with Crippen molar-refractivity contribution in [2.75, 3.05) is 27.6 Å². The van der Waals surface area contributed by atoms with Gasteiger partial charge >= 0.3 is 0 Å². The Morgan fingerprint density at radius 1 is 1.13 bits per heavy atom. The van der Waals surface area contributed by atoms with Crippen LogP contribution < -0.4 is 9.47 Å². The second kappa shape index (κ2) is 7.25. The summed E-state index contributed by atoms with van der Waals surface area (Å²) in [6.07, 6.45) is 5.29. The third-order valence-corrected chi connectivity index (χ3v) is 8.00. The average Bonchev–Trinajstić information content (AvgIpc) is 3.27. The predicted octanol–water partition coefficient (Wildman–Crippen LogP) is 5.58. The van der Waals surface area contributed by atoms with Crippen LogP contribution in [0.3, 0.4) is 0 Å². The number of rotatable bonds is 4. The Bertz CT molecular complexity index is 1010. The maximum absolute atomic E-state index is 5.98. The van der Waals surface area contributed by atoms with Crippen LogP contribution in [0.4, 0.5) is 0 Å². The summed E-state index contributed by atoms with van der Waals surface area (Å²) in [6.45, 7) is 10.5. The van der Waals surface area contributed by atoms with Crippen LogP contribution in [0.2, 0.25) is 0 Å². The van der Waals surface area contributed by atoms with Gasteiger partial charge in [-0.05, 0) is 49.5 Å². The zero-order chi connectivity index (χ0) is 21.9. The molecule has 0 N–H and O–H groups in total. The van der Waals surface area contributed by atoms with Gasteiger partial charge in [0.05, 0.1) is 19.8 Å².